The van der Waals surface area contributed by atoms with Gasteiger partial charge >= 0.3 is 0 Å². The summed E-state index contributed by atoms with van der Waals surface area (Å²) in [6, 6.07) is 6.17. The van der Waals surface area contributed by atoms with E-state index in [1.165, 1.54) is 34.2 Å². The molecule has 2 aliphatic rings. The van der Waals surface area contributed by atoms with Crippen LogP contribution in [0.5, 0.6) is 0 Å². The normalized spacial score (nSPS) is 23.2. The van der Waals surface area contributed by atoms with Crippen molar-refractivity contribution in [3.8, 4) is 0 Å². The molecule has 0 bridgehead atoms. The van der Waals surface area contributed by atoms with Gasteiger partial charge in [-0.2, -0.15) is 4.31 Å². The molecule has 2 aromatic rings. The molecule has 1 N–H and O–H groups in total. The van der Waals surface area contributed by atoms with Crippen molar-refractivity contribution in [3.05, 3.63) is 40.9 Å². The van der Waals surface area contributed by atoms with Gasteiger partial charge in [0.2, 0.25) is 10.0 Å². The quantitative estimate of drug-likeness (QED) is 0.680. The van der Waals surface area contributed by atoms with Crippen LogP contribution in [-0.2, 0) is 16.6 Å². The van der Waals surface area contributed by atoms with Gasteiger partial charge in [0.25, 0.3) is 5.91 Å². The predicted octanol–water partition coefficient (Wildman–Crippen LogP) is 4.05. The molecule has 2 aliphatic heterocycles. The topological polar surface area (TPSA) is 82.6 Å². The third-order valence-corrected chi connectivity index (χ3v) is 8.89. The molecule has 0 saturated carbocycles. The van der Waals surface area contributed by atoms with E-state index in [2.05, 4.69) is 29.0 Å². The van der Waals surface area contributed by atoms with Crippen molar-refractivity contribution in [2.45, 2.75) is 51.0 Å². The van der Waals surface area contributed by atoms with Crippen LogP contribution in [0.15, 0.2) is 34.5 Å². The van der Waals surface area contributed by atoms with Crippen LogP contribution >= 0.6 is 11.3 Å². The molecule has 9 heteroatoms. The Labute approximate surface area is 194 Å². The van der Waals surface area contributed by atoms with Crippen molar-refractivity contribution >= 4 is 32.4 Å². The molecule has 0 radical (unpaired) electrons. The number of sulfonamides is 1. The summed E-state index contributed by atoms with van der Waals surface area (Å²) in [4.78, 5) is 19.9. The molecule has 7 nitrogen and oxygen atoms in total. The molecule has 2 fully saturated rings. The highest BCUT2D eigenvalue weighted by Gasteiger charge is 2.26. The third kappa shape index (κ3) is 5.57. The predicted molar refractivity (Wildman–Crippen MR) is 127 cm³/mol. The summed E-state index contributed by atoms with van der Waals surface area (Å²) in [7, 11) is -3.50. The number of anilines is 1. The summed E-state index contributed by atoms with van der Waals surface area (Å²) in [5.74, 6) is 1.10. The smallest absolute Gasteiger partial charge is 0.257 e. The van der Waals surface area contributed by atoms with Crippen LogP contribution in [0, 0.1) is 11.8 Å². The van der Waals surface area contributed by atoms with Crippen molar-refractivity contribution in [1.82, 2.24) is 14.2 Å². The van der Waals surface area contributed by atoms with Crippen LogP contribution in [0.3, 0.4) is 0 Å². The minimum absolute atomic E-state index is 0.234. The van der Waals surface area contributed by atoms with Crippen LogP contribution < -0.4 is 5.32 Å². The molecule has 1 aromatic heterocycles. The molecule has 0 aliphatic carbocycles. The number of carbonyl (C=O) groups excluding carboxylic acids is 1. The highest BCUT2D eigenvalue weighted by Crippen LogP contribution is 2.25. The number of hydrogen-bond donors (Lipinski definition) is 1. The fourth-order valence-electron chi connectivity index (χ4n) is 4.79. The Morgan fingerprint density at radius 2 is 1.75 bits per heavy atom. The first-order valence-corrected chi connectivity index (χ1v) is 13.7. The second-order valence-electron chi connectivity index (χ2n) is 9.23. The number of nitrogens with one attached hydrogen (secondary N) is 1. The average Bonchev–Trinajstić information content (AvgIpc) is 3.20. The van der Waals surface area contributed by atoms with Crippen LogP contribution in [0.1, 0.15) is 55.6 Å². The van der Waals surface area contributed by atoms with E-state index in [1.54, 1.807) is 12.1 Å². The van der Waals surface area contributed by atoms with Gasteiger partial charge in [0.05, 0.1) is 10.6 Å². The fourth-order valence-corrected chi connectivity index (χ4v) is 7.00. The minimum Gasteiger partial charge on any atom is -0.298 e. The largest absolute Gasteiger partial charge is 0.298 e. The van der Waals surface area contributed by atoms with Gasteiger partial charge < -0.3 is 0 Å². The number of thiazole rings is 1. The van der Waals surface area contributed by atoms with Crippen LogP contribution in [0.4, 0.5) is 5.13 Å². The molecule has 4 rings (SSSR count). The Bertz CT molecular complexity index is 1020. The van der Waals surface area contributed by atoms with E-state index < -0.39 is 10.0 Å². The molecule has 174 valence electrons. The van der Waals surface area contributed by atoms with E-state index in [1.807, 2.05) is 5.38 Å². The lowest BCUT2D eigenvalue weighted by Crippen LogP contribution is -2.38. The van der Waals surface area contributed by atoms with Crippen molar-refractivity contribution in [2.24, 2.45) is 11.8 Å². The van der Waals surface area contributed by atoms with Gasteiger partial charge in [-0.05, 0) is 55.4 Å². The van der Waals surface area contributed by atoms with E-state index in [9.17, 15) is 13.2 Å². The zero-order valence-corrected chi connectivity index (χ0v) is 20.4. The highest BCUT2D eigenvalue weighted by molar-refractivity contribution is 7.89. The van der Waals surface area contributed by atoms with E-state index in [0.29, 0.717) is 35.6 Å². The van der Waals surface area contributed by atoms with E-state index in [-0.39, 0.29) is 10.8 Å². The maximum Gasteiger partial charge on any atom is 0.257 e. The van der Waals surface area contributed by atoms with Crippen LogP contribution in [-0.4, -0.2) is 54.7 Å². The molecule has 2 saturated heterocycles. The maximum absolute atomic E-state index is 12.8. The summed E-state index contributed by atoms with van der Waals surface area (Å²) in [6.45, 7) is 8.66. The molecule has 0 spiro atoms. The summed E-state index contributed by atoms with van der Waals surface area (Å²) >= 11 is 1.42. The number of nitrogens with zero attached hydrogens (tertiary/aromatic N) is 3. The van der Waals surface area contributed by atoms with Gasteiger partial charge in [0.1, 0.15) is 0 Å². The Hall–Kier alpha value is -1.81. The number of carbonyl (C=O) groups is 1. The molecule has 2 atom stereocenters. The van der Waals surface area contributed by atoms with Crippen LogP contribution in [0.25, 0.3) is 0 Å². The van der Waals surface area contributed by atoms with E-state index >= 15 is 0 Å². The highest BCUT2D eigenvalue weighted by atomic mass is 32.2. The number of benzene rings is 1. The molecular weight excluding hydrogens is 444 g/mol. The second-order valence-corrected chi connectivity index (χ2v) is 12.0. The van der Waals surface area contributed by atoms with E-state index in [4.69, 9.17) is 0 Å². The minimum atomic E-state index is -3.50. The standard InChI is InChI=1S/C23H32N4O3S2/c1-17-12-18(2)14-26(13-17)15-20-16-31-23(24-20)25-22(28)19-6-8-21(9-7-19)32(29,30)27-10-4-3-5-11-27/h6-9,16-18H,3-5,10-15H2,1-2H3,(H,24,25,28). The first-order chi connectivity index (χ1) is 15.3. The molecule has 2 unspecified atom stereocenters. The third-order valence-electron chi connectivity index (χ3n) is 6.17. The average molecular weight is 477 g/mol. The lowest BCUT2D eigenvalue weighted by Gasteiger charge is -2.34. The van der Waals surface area contributed by atoms with Gasteiger partial charge in [0, 0.05) is 43.7 Å². The zero-order valence-electron chi connectivity index (χ0n) is 18.8. The van der Waals surface area contributed by atoms with Crippen molar-refractivity contribution in [2.75, 3.05) is 31.5 Å². The Balaban J connectivity index is 1.36. The number of hydrogen-bond acceptors (Lipinski definition) is 6. The van der Waals surface area contributed by atoms with Gasteiger partial charge in [-0.3, -0.25) is 15.0 Å². The van der Waals surface area contributed by atoms with Crippen molar-refractivity contribution in [3.63, 3.8) is 0 Å². The summed E-state index contributed by atoms with van der Waals surface area (Å²) in [5, 5.41) is 5.40. The second kappa shape index (κ2) is 9.99. The van der Waals surface area contributed by atoms with Gasteiger partial charge in [-0.25, -0.2) is 13.4 Å². The summed E-state index contributed by atoms with van der Waals surface area (Å²) < 4.78 is 27.1. The van der Waals surface area contributed by atoms with Crippen LogP contribution in [0.2, 0.25) is 0 Å². The zero-order chi connectivity index (χ0) is 22.7. The first-order valence-electron chi connectivity index (χ1n) is 11.4. The lowest BCUT2D eigenvalue weighted by atomic mass is 9.92. The Morgan fingerprint density at radius 1 is 1.09 bits per heavy atom. The molecule has 32 heavy (non-hydrogen) atoms. The fraction of sp³-hybridized carbons (Fsp3) is 0.565. The number of aromatic nitrogens is 1. The number of rotatable bonds is 6. The summed E-state index contributed by atoms with van der Waals surface area (Å²) in [5.41, 5.74) is 1.38. The van der Waals surface area contributed by atoms with Crippen molar-refractivity contribution < 1.29 is 13.2 Å². The van der Waals surface area contributed by atoms with Gasteiger partial charge in [-0.15, -0.1) is 11.3 Å². The molecular formula is C23H32N4O3S2. The molecule has 3 heterocycles. The Morgan fingerprint density at radius 3 is 2.41 bits per heavy atom. The van der Waals surface area contributed by atoms with Gasteiger partial charge in [-0.1, -0.05) is 20.3 Å². The molecule has 1 amide bonds. The van der Waals surface area contributed by atoms with Crippen molar-refractivity contribution in [1.29, 1.82) is 0 Å². The van der Waals surface area contributed by atoms with E-state index in [0.717, 1.165) is 44.6 Å². The SMILES string of the molecule is CC1CC(C)CN(Cc2csc(NC(=O)c3ccc(S(=O)(=O)N4CCCCC4)cc3)n2)C1. The maximum atomic E-state index is 12.8. The van der Waals surface area contributed by atoms with Gasteiger partial charge in [0.15, 0.2) is 5.13 Å². The lowest BCUT2D eigenvalue weighted by molar-refractivity contribution is 0.102. The first kappa shape index (κ1) is 23.4. The monoisotopic (exact) mass is 476 g/mol. The molecule has 1 aromatic carbocycles. The number of amides is 1. The number of likely N-dealkylation sites (tertiary alicyclic amines) is 1. The Kier molecular flexibility index (Phi) is 7.29. The summed E-state index contributed by atoms with van der Waals surface area (Å²) in [6.07, 6.45) is 4.13. The number of piperidine rings is 2.